The maximum absolute atomic E-state index is 2.48. The molecule has 0 spiro atoms. The summed E-state index contributed by atoms with van der Waals surface area (Å²) in [6.45, 7) is 9.23. The van der Waals surface area contributed by atoms with Crippen LogP contribution >= 0.6 is 0 Å². The second-order valence-electron chi connectivity index (χ2n) is 10.3. The minimum atomic E-state index is 1.02. The lowest BCUT2D eigenvalue weighted by molar-refractivity contribution is 0.995. The van der Waals surface area contributed by atoms with Crippen molar-refractivity contribution in [1.82, 2.24) is 0 Å². The van der Waals surface area contributed by atoms with E-state index >= 15 is 0 Å². The Hall–Kier alpha value is -3.90. The molecule has 0 radical (unpaired) electrons. The van der Waals surface area contributed by atoms with Crippen molar-refractivity contribution in [1.29, 1.82) is 0 Å². The van der Waals surface area contributed by atoms with Gasteiger partial charge in [0.1, 0.15) is 0 Å². The zero-order valence-corrected chi connectivity index (χ0v) is 22.4. The second kappa shape index (κ2) is 9.52. The Morgan fingerprint density at radius 1 is 0.757 bits per heavy atom. The van der Waals surface area contributed by atoms with Crippen molar-refractivity contribution < 1.29 is 0 Å². The highest BCUT2D eigenvalue weighted by Crippen LogP contribution is 2.30. The molecule has 4 aromatic rings. The first-order valence-corrected chi connectivity index (χ1v) is 13.6. The maximum Gasteiger partial charge on any atom is -0.00229 e. The van der Waals surface area contributed by atoms with Crippen LogP contribution in [0.4, 0.5) is 0 Å². The minimum Gasteiger partial charge on any atom is -0.0801 e. The van der Waals surface area contributed by atoms with Crippen molar-refractivity contribution >= 4 is 17.2 Å². The van der Waals surface area contributed by atoms with Gasteiger partial charge in [0.05, 0.1) is 0 Å². The van der Waals surface area contributed by atoms with E-state index in [9.17, 15) is 0 Å². The first-order chi connectivity index (χ1) is 18.1. The van der Waals surface area contributed by atoms with Crippen molar-refractivity contribution in [2.75, 3.05) is 0 Å². The SMILES string of the molecule is CCc1c(C)c(C2=CC=CC2)c2c(c1CC)=c1c(cc(C)cc1=C(c1ccccc1)c1ccccc1)C=2. The quantitative estimate of drug-likeness (QED) is 0.246. The van der Waals surface area contributed by atoms with Gasteiger partial charge in [0.2, 0.25) is 0 Å². The fourth-order valence-electron chi connectivity index (χ4n) is 6.61. The van der Waals surface area contributed by atoms with E-state index in [1.807, 2.05) is 0 Å². The fourth-order valence-corrected chi connectivity index (χ4v) is 6.61. The maximum atomic E-state index is 2.48. The van der Waals surface area contributed by atoms with E-state index in [1.165, 1.54) is 76.5 Å². The lowest BCUT2D eigenvalue weighted by atomic mass is 9.86. The van der Waals surface area contributed by atoms with Gasteiger partial charge in [-0.25, -0.2) is 0 Å². The van der Waals surface area contributed by atoms with Crippen LogP contribution in [0.3, 0.4) is 0 Å². The summed E-state index contributed by atoms with van der Waals surface area (Å²) in [5.74, 6) is 0. The summed E-state index contributed by atoms with van der Waals surface area (Å²) >= 11 is 0. The van der Waals surface area contributed by atoms with Crippen molar-refractivity contribution in [2.45, 2.75) is 47.0 Å². The highest BCUT2D eigenvalue weighted by atomic mass is 14.2. The summed E-state index contributed by atoms with van der Waals surface area (Å²) in [6, 6.07) is 26.7. The lowest BCUT2D eigenvalue weighted by Crippen LogP contribution is -2.19. The molecule has 0 fully saturated rings. The monoisotopic (exact) mass is 478 g/mol. The molecule has 2 aliphatic rings. The Bertz CT molecular complexity index is 1760. The van der Waals surface area contributed by atoms with Crippen LogP contribution in [0.2, 0.25) is 0 Å². The predicted octanol–water partition coefficient (Wildman–Crippen LogP) is 7.45. The number of hydrogen-bond acceptors (Lipinski definition) is 0. The van der Waals surface area contributed by atoms with Gasteiger partial charge in [-0.3, -0.25) is 0 Å². The Morgan fingerprint density at radius 2 is 1.41 bits per heavy atom. The van der Waals surface area contributed by atoms with Crippen LogP contribution in [0.15, 0.2) is 91.0 Å². The molecule has 37 heavy (non-hydrogen) atoms. The molecule has 0 atom stereocenters. The molecule has 6 rings (SSSR count). The summed E-state index contributed by atoms with van der Waals surface area (Å²) in [7, 11) is 0. The molecule has 0 saturated carbocycles. The largest absolute Gasteiger partial charge is 0.0801 e. The topological polar surface area (TPSA) is 0 Å². The van der Waals surface area contributed by atoms with Crippen LogP contribution in [0, 0.1) is 24.3 Å². The lowest BCUT2D eigenvalue weighted by Gasteiger charge is -2.18. The summed E-state index contributed by atoms with van der Waals surface area (Å²) in [5, 5.41) is 5.63. The number of fused-ring (bicyclic) bond motifs is 2. The average Bonchev–Trinajstić information content (AvgIpc) is 3.57. The normalized spacial score (nSPS) is 13.2. The Labute approximate surface area is 220 Å². The molecule has 0 unspecified atom stereocenters. The predicted molar refractivity (Wildman–Crippen MR) is 158 cm³/mol. The third-order valence-corrected chi connectivity index (χ3v) is 8.09. The number of allylic oxidation sites excluding steroid dienone is 4. The Balaban J connectivity index is 1.92. The summed E-state index contributed by atoms with van der Waals surface area (Å²) in [6.07, 6.45) is 12.4. The van der Waals surface area contributed by atoms with Crippen molar-refractivity contribution in [2.24, 2.45) is 0 Å². The smallest absolute Gasteiger partial charge is 0.00229 e. The van der Waals surface area contributed by atoms with Crippen LogP contribution in [-0.2, 0) is 12.8 Å². The number of benzene rings is 4. The van der Waals surface area contributed by atoms with E-state index in [1.54, 1.807) is 0 Å². The summed E-state index contributed by atoms with van der Waals surface area (Å²) < 4.78 is 0. The summed E-state index contributed by atoms with van der Waals surface area (Å²) in [5.41, 5.74) is 13.9. The van der Waals surface area contributed by atoms with Crippen LogP contribution in [0.25, 0.3) is 17.2 Å². The van der Waals surface area contributed by atoms with E-state index < -0.39 is 0 Å². The van der Waals surface area contributed by atoms with Gasteiger partial charge in [0.25, 0.3) is 0 Å². The molecule has 0 amide bonds. The van der Waals surface area contributed by atoms with E-state index in [0.717, 1.165) is 19.3 Å². The van der Waals surface area contributed by atoms with Crippen LogP contribution in [-0.4, -0.2) is 0 Å². The van der Waals surface area contributed by atoms with Crippen molar-refractivity contribution in [3.05, 3.63) is 156 Å². The van der Waals surface area contributed by atoms with Crippen LogP contribution in [0.1, 0.15) is 64.8 Å². The standard InChI is InChI=1S/C37H34/c1-5-30-25(4)34(26-19-13-14-20-26)33-23-29-21-24(3)22-32(36(29)37(33)31(30)6-2)35(27-15-9-7-10-16-27)28-17-11-8-12-18-28/h7-19,21-23H,5-6,20H2,1-4H3. The molecule has 182 valence electrons. The molecule has 0 heterocycles. The van der Waals surface area contributed by atoms with Crippen molar-refractivity contribution in [3.63, 3.8) is 0 Å². The van der Waals surface area contributed by atoms with Crippen LogP contribution < -0.4 is 10.4 Å². The van der Waals surface area contributed by atoms with Gasteiger partial charge in [-0.15, -0.1) is 0 Å². The zero-order chi connectivity index (χ0) is 25.5. The van der Waals surface area contributed by atoms with Crippen molar-refractivity contribution in [3.8, 4) is 0 Å². The number of aryl methyl sites for hydroxylation is 1. The molecule has 0 N–H and O–H groups in total. The first kappa shape index (κ1) is 23.5. The fraction of sp³-hybridized carbons (Fsp3) is 0.189. The minimum absolute atomic E-state index is 1.02. The third kappa shape index (κ3) is 3.83. The number of hydrogen-bond donors (Lipinski definition) is 0. The molecule has 4 aromatic carbocycles. The number of rotatable bonds is 5. The molecule has 0 aromatic heterocycles. The first-order valence-electron chi connectivity index (χ1n) is 13.6. The highest BCUT2D eigenvalue weighted by Gasteiger charge is 2.21. The highest BCUT2D eigenvalue weighted by molar-refractivity contribution is 5.82. The van der Waals surface area contributed by atoms with E-state index in [2.05, 4.69) is 125 Å². The summed E-state index contributed by atoms with van der Waals surface area (Å²) in [4.78, 5) is 0. The third-order valence-electron chi connectivity index (χ3n) is 8.09. The van der Waals surface area contributed by atoms with Gasteiger partial charge in [-0.05, 0) is 116 Å². The molecule has 0 heteroatoms. The van der Waals surface area contributed by atoms with E-state index in [-0.39, 0.29) is 0 Å². The van der Waals surface area contributed by atoms with Gasteiger partial charge in [-0.2, -0.15) is 0 Å². The molecular formula is C37H34. The zero-order valence-electron chi connectivity index (χ0n) is 22.4. The molecule has 0 bridgehead atoms. The Morgan fingerprint density at radius 3 is 1.97 bits per heavy atom. The van der Waals surface area contributed by atoms with Crippen LogP contribution in [0.5, 0.6) is 0 Å². The molecule has 0 aliphatic heterocycles. The van der Waals surface area contributed by atoms with E-state index in [0.29, 0.717) is 0 Å². The average molecular weight is 479 g/mol. The molecule has 2 aliphatic carbocycles. The van der Waals surface area contributed by atoms with Gasteiger partial charge in [-0.1, -0.05) is 105 Å². The van der Waals surface area contributed by atoms with Gasteiger partial charge >= 0.3 is 0 Å². The molecule has 0 saturated heterocycles. The second-order valence-corrected chi connectivity index (χ2v) is 10.3. The molecular weight excluding hydrogens is 444 g/mol. The molecule has 0 nitrogen and oxygen atoms in total. The van der Waals surface area contributed by atoms with Gasteiger partial charge in [0.15, 0.2) is 0 Å². The van der Waals surface area contributed by atoms with Gasteiger partial charge < -0.3 is 0 Å². The van der Waals surface area contributed by atoms with Gasteiger partial charge in [0, 0.05) is 0 Å². The Kier molecular flexibility index (Phi) is 6.05. The van der Waals surface area contributed by atoms with E-state index in [4.69, 9.17) is 0 Å².